The number of thiophene rings is 1. The van der Waals surface area contributed by atoms with Gasteiger partial charge in [0.25, 0.3) is 5.91 Å². The van der Waals surface area contributed by atoms with Crippen molar-refractivity contribution in [1.82, 2.24) is 9.21 Å². The van der Waals surface area contributed by atoms with Gasteiger partial charge >= 0.3 is 5.97 Å². The highest BCUT2D eigenvalue weighted by Gasteiger charge is 2.34. The van der Waals surface area contributed by atoms with Crippen molar-refractivity contribution in [2.45, 2.75) is 4.90 Å². The van der Waals surface area contributed by atoms with Crippen molar-refractivity contribution in [3.63, 3.8) is 0 Å². The van der Waals surface area contributed by atoms with Gasteiger partial charge in [-0.2, -0.15) is 4.31 Å². The number of hydrogen-bond donors (Lipinski definition) is 0. The number of esters is 1. The second-order valence-corrected chi connectivity index (χ2v) is 8.10. The summed E-state index contributed by atoms with van der Waals surface area (Å²) in [5, 5.41) is 1.54. The molecule has 0 radical (unpaired) electrons. The Balaban J connectivity index is 1.73. The van der Waals surface area contributed by atoms with E-state index >= 15 is 0 Å². The fourth-order valence-electron chi connectivity index (χ4n) is 2.57. The number of amides is 1. The van der Waals surface area contributed by atoms with Gasteiger partial charge in [0.2, 0.25) is 10.0 Å². The first-order valence-electron chi connectivity index (χ1n) is 7.44. The van der Waals surface area contributed by atoms with E-state index in [4.69, 9.17) is 4.42 Å². The molecule has 0 bridgehead atoms. The lowest BCUT2D eigenvalue weighted by molar-refractivity contribution is 0.0602. The molecule has 0 saturated carbocycles. The number of nitrogens with zero attached hydrogens (tertiary/aromatic N) is 2. The van der Waals surface area contributed by atoms with Crippen LogP contribution in [0.15, 0.2) is 39.2 Å². The summed E-state index contributed by atoms with van der Waals surface area (Å²) in [6, 6.07) is 4.59. The predicted octanol–water partition coefficient (Wildman–Crippen LogP) is 1.27. The first kappa shape index (κ1) is 17.6. The maximum Gasteiger partial charge on any atom is 0.349 e. The Bertz CT molecular complexity index is 864. The van der Waals surface area contributed by atoms with Crippen LogP contribution in [0.2, 0.25) is 0 Å². The molecule has 1 fully saturated rings. The molecule has 0 aromatic carbocycles. The fourth-order valence-corrected chi connectivity index (χ4v) is 5.30. The summed E-state index contributed by atoms with van der Waals surface area (Å²) in [7, 11) is -2.62. The van der Waals surface area contributed by atoms with E-state index in [1.807, 2.05) is 0 Å². The van der Waals surface area contributed by atoms with Crippen LogP contribution < -0.4 is 0 Å². The monoisotopic (exact) mass is 384 g/mol. The highest BCUT2D eigenvalue weighted by Crippen LogP contribution is 2.26. The number of carbonyl (C=O) groups excluding carboxylic acids is 2. The van der Waals surface area contributed by atoms with Crippen LogP contribution in [0.3, 0.4) is 0 Å². The number of hydrogen-bond acceptors (Lipinski definition) is 7. The minimum atomic E-state index is -3.83. The maximum absolute atomic E-state index is 12.8. The SMILES string of the molecule is COC(=O)c1sccc1S(=O)(=O)N1CCN(C(=O)c2ccco2)CC1. The van der Waals surface area contributed by atoms with Crippen molar-refractivity contribution in [2.24, 2.45) is 0 Å². The molecular weight excluding hydrogens is 368 g/mol. The molecule has 10 heteroatoms. The van der Waals surface area contributed by atoms with Gasteiger partial charge in [0.15, 0.2) is 5.76 Å². The Kier molecular flexibility index (Phi) is 4.93. The Morgan fingerprint density at radius 1 is 1.20 bits per heavy atom. The zero-order valence-electron chi connectivity index (χ0n) is 13.4. The van der Waals surface area contributed by atoms with Crippen LogP contribution >= 0.6 is 11.3 Å². The summed E-state index contributed by atoms with van der Waals surface area (Å²) >= 11 is 1.02. The second kappa shape index (κ2) is 6.98. The van der Waals surface area contributed by atoms with Crippen LogP contribution in [-0.2, 0) is 14.8 Å². The van der Waals surface area contributed by atoms with E-state index in [-0.39, 0.29) is 47.6 Å². The summed E-state index contributed by atoms with van der Waals surface area (Å²) in [5.41, 5.74) is 0. The number of carbonyl (C=O) groups is 2. The summed E-state index contributed by atoms with van der Waals surface area (Å²) in [6.07, 6.45) is 1.42. The van der Waals surface area contributed by atoms with Gasteiger partial charge in [-0.15, -0.1) is 11.3 Å². The van der Waals surface area contributed by atoms with E-state index in [9.17, 15) is 18.0 Å². The minimum absolute atomic E-state index is 0.0524. The molecule has 1 aliphatic rings. The third-order valence-electron chi connectivity index (χ3n) is 3.88. The van der Waals surface area contributed by atoms with E-state index in [1.54, 1.807) is 17.0 Å². The lowest BCUT2D eigenvalue weighted by Gasteiger charge is -2.33. The first-order chi connectivity index (χ1) is 11.9. The van der Waals surface area contributed by atoms with Gasteiger partial charge in [-0.25, -0.2) is 13.2 Å². The number of rotatable bonds is 4. The molecule has 1 amide bonds. The van der Waals surface area contributed by atoms with Crippen LogP contribution in [0.25, 0.3) is 0 Å². The van der Waals surface area contributed by atoms with E-state index in [2.05, 4.69) is 4.74 Å². The highest BCUT2D eigenvalue weighted by molar-refractivity contribution is 7.89. The van der Waals surface area contributed by atoms with Gasteiger partial charge in [0.05, 0.1) is 13.4 Å². The largest absolute Gasteiger partial charge is 0.465 e. The van der Waals surface area contributed by atoms with Crippen molar-refractivity contribution in [3.8, 4) is 0 Å². The second-order valence-electron chi connectivity index (χ2n) is 5.28. The fraction of sp³-hybridized carbons (Fsp3) is 0.333. The van der Waals surface area contributed by atoms with E-state index < -0.39 is 16.0 Å². The summed E-state index contributed by atoms with van der Waals surface area (Å²) in [4.78, 5) is 25.5. The topological polar surface area (TPSA) is 97.1 Å². The number of sulfonamides is 1. The van der Waals surface area contributed by atoms with E-state index in [0.29, 0.717) is 0 Å². The van der Waals surface area contributed by atoms with Gasteiger partial charge in [-0.1, -0.05) is 0 Å². The summed E-state index contributed by atoms with van der Waals surface area (Å²) in [5.74, 6) is -0.727. The normalized spacial score (nSPS) is 16.0. The third-order valence-corrected chi connectivity index (χ3v) is 6.84. The molecule has 0 spiro atoms. The van der Waals surface area contributed by atoms with Crippen LogP contribution in [0.5, 0.6) is 0 Å². The van der Waals surface area contributed by atoms with E-state index in [1.165, 1.54) is 29.1 Å². The molecule has 25 heavy (non-hydrogen) atoms. The molecule has 3 rings (SSSR count). The lowest BCUT2D eigenvalue weighted by atomic mass is 10.3. The van der Waals surface area contributed by atoms with Gasteiger partial charge in [0, 0.05) is 26.2 Å². The zero-order valence-corrected chi connectivity index (χ0v) is 15.0. The number of methoxy groups -OCH3 is 1. The average Bonchev–Trinajstić information content (AvgIpc) is 3.32. The Morgan fingerprint density at radius 2 is 1.92 bits per heavy atom. The maximum atomic E-state index is 12.8. The smallest absolute Gasteiger partial charge is 0.349 e. The van der Waals surface area contributed by atoms with Crippen molar-refractivity contribution in [1.29, 1.82) is 0 Å². The van der Waals surface area contributed by atoms with Crippen LogP contribution in [0, 0.1) is 0 Å². The van der Waals surface area contributed by atoms with Gasteiger partial charge < -0.3 is 14.1 Å². The standard InChI is InChI=1S/C15H16N2O6S2/c1-22-15(19)13-12(4-10-24-13)25(20,21)17-7-5-16(6-8-17)14(18)11-3-2-9-23-11/h2-4,9-10H,5-8H2,1H3. The van der Waals surface area contributed by atoms with E-state index in [0.717, 1.165) is 11.3 Å². The molecule has 1 aliphatic heterocycles. The molecule has 2 aromatic heterocycles. The molecule has 1 saturated heterocycles. The zero-order chi connectivity index (χ0) is 18.0. The van der Waals surface area contributed by atoms with Gasteiger partial charge in [0.1, 0.15) is 9.77 Å². The van der Waals surface area contributed by atoms with Crippen molar-refractivity contribution in [3.05, 3.63) is 40.5 Å². The van der Waals surface area contributed by atoms with Crippen LogP contribution in [-0.4, -0.2) is 62.8 Å². The quantitative estimate of drug-likeness (QED) is 0.737. The Labute approximate surface area is 148 Å². The van der Waals surface area contributed by atoms with Gasteiger partial charge in [-0.3, -0.25) is 4.79 Å². The van der Waals surface area contributed by atoms with Crippen LogP contribution in [0.1, 0.15) is 20.2 Å². The average molecular weight is 384 g/mol. The Hall–Kier alpha value is -2.17. The van der Waals surface area contributed by atoms with Crippen molar-refractivity contribution in [2.75, 3.05) is 33.3 Å². The molecule has 0 aliphatic carbocycles. The first-order valence-corrected chi connectivity index (χ1v) is 9.76. The molecular formula is C15H16N2O6S2. The minimum Gasteiger partial charge on any atom is -0.465 e. The predicted molar refractivity (Wildman–Crippen MR) is 89.0 cm³/mol. The molecule has 8 nitrogen and oxygen atoms in total. The molecule has 0 N–H and O–H groups in total. The number of furan rings is 1. The van der Waals surface area contributed by atoms with Crippen molar-refractivity contribution < 1.29 is 27.2 Å². The summed E-state index contributed by atoms with van der Waals surface area (Å²) in [6.45, 7) is 0.781. The van der Waals surface area contributed by atoms with Gasteiger partial charge in [-0.05, 0) is 23.6 Å². The molecule has 3 heterocycles. The third kappa shape index (κ3) is 3.32. The molecule has 134 valence electrons. The number of ether oxygens (including phenoxy) is 1. The highest BCUT2D eigenvalue weighted by atomic mass is 32.2. The molecule has 0 atom stereocenters. The summed E-state index contributed by atoms with van der Waals surface area (Å²) < 4.78 is 36.6. The number of piperazine rings is 1. The Morgan fingerprint density at radius 3 is 2.52 bits per heavy atom. The van der Waals surface area contributed by atoms with Crippen molar-refractivity contribution >= 4 is 33.2 Å². The molecule has 2 aromatic rings. The molecule has 0 unspecified atom stereocenters. The lowest BCUT2D eigenvalue weighted by Crippen LogP contribution is -2.50. The van der Waals surface area contributed by atoms with Crippen LogP contribution in [0.4, 0.5) is 0 Å².